The molecule has 36 heavy (non-hydrogen) atoms. The van der Waals surface area contributed by atoms with Crippen molar-refractivity contribution in [3.8, 4) is 33.9 Å². The third-order valence-corrected chi connectivity index (χ3v) is 7.42. The lowest BCUT2D eigenvalue weighted by Crippen LogP contribution is -2.36. The van der Waals surface area contributed by atoms with Gasteiger partial charge in [0.1, 0.15) is 18.1 Å². The number of aliphatic carboxylic acids is 1. The van der Waals surface area contributed by atoms with Gasteiger partial charge in [-0.3, -0.25) is 4.79 Å². The number of aromatic nitrogens is 1. The van der Waals surface area contributed by atoms with Crippen molar-refractivity contribution in [3.05, 3.63) is 83.7 Å². The summed E-state index contributed by atoms with van der Waals surface area (Å²) < 4.78 is 11.6. The van der Waals surface area contributed by atoms with E-state index in [1.54, 1.807) is 18.4 Å². The number of anilines is 1. The van der Waals surface area contributed by atoms with E-state index in [4.69, 9.17) is 14.5 Å². The Hall–Kier alpha value is -3.84. The van der Waals surface area contributed by atoms with Crippen molar-refractivity contribution in [1.82, 2.24) is 4.98 Å². The molecular formula is C29H28N2O4S. The summed E-state index contributed by atoms with van der Waals surface area (Å²) in [7, 11) is 1.67. The molecule has 0 spiro atoms. The number of nitrogens with zero attached hydrogens (tertiary/aromatic N) is 2. The fraction of sp³-hybridized carbons (Fsp3) is 0.241. The molecule has 0 aliphatic carbocycles. The Kier molecular flexibility index (Phi) is 7.18. The van der Waals surface area contributed by atoms with Gasteiger partial charge in [-0.2, -0.15) is 0 Å². The average Bonchev–Trinajstić information content (AvgIpc) is 3.43. The number of carboxylic acid groups (broad SMARTS) is 1. The van der Waals surface area contributed by atoms with E-state index in [1.807, 2.05) is 47.8 Å². The molecule has 5 rings (SSSR count). The van der Waals surface area contributed by atoms with Gasteiger partial charge >= 0.3 is 5.97 Å². The predicted octanol–water partition coefficient (Wildman–Crippen LogP) is 6.37. The predicted molar refractivity (Wildman–Crippen MR) is 143 cm³/mol. The third kappa shape index (κ3) is 5.36. The Labute approximate surface area is 214 Å². The Bertz CT molecular complexity index is 1330. The van der Waals surface area contributed by atoms with E-state index in [2.05, 4.69) is 35.2 Å². The summed E-state index contributed by atoms with van der Waals surface area (Å²) >= 11 is 1.59. The van der Waals surface area contributed by atoms with Crippen molar-refractivity contribution in [2.24, 2.45) is 5.92 Å². The van der Waals surface area contributed by atoms with E-state index < -0.39 is 5.97 Å². The molecule has 7 heteroatoms. The van der Waals surface area contributed by atoms with Crippen LogP contribution in [0, 0.1) is 5.92 Å². The van der Waals surface area contributed by atoms with E-state index in [0.717, 1.165) is 44.6 Å². The molecule has 1 N–H and O–H groups in total. The Morgan fingerprint density at radius 3 is 2.56 bits per heavy atom. The fourth-order valence-electron chi connectivity index (χ4n) is 4.41. The molecule has 0 radical (unpaired) electrons. The maximum absolute atomic E-state index is 11.2. The lowest BCUT2D eigenvalue weighted by molar-refractivity contribution is -0.142. The number of carboxylic acids is 1. The van der Waals surface area contributed by atoms with Gasteiger partial charge in [-0.05, 0) is 53.8 Å². The number of para-hydroxylation sites is 1. The molecule has 6 nitrogen and oxygen atoms in total. The summed E-state index contributed by atoms with van der Waals surface area (Å²) in [5, 5.41) is 12.2. The molecule has 4 aromatic rings. The molecule has 0 amide bonds. The minimum Gasteiger partial charge on any atom is -0.497 e. The molecule has 1 saturated heterocycles. The zero-order valence-corrected chi connectivity index (χ0v) is 20.9. The molecule has 2 heterocycles. The Morgan fingerprint density at radius 2 is 1.81 bits per heavy atom. The summed E-state index contributed by atoms with van der Waals surface area (Å²) in [5.41, 5.74) is 5.14. The second-order valence-corrected chi connectivity index (χ2v) is 9.67. The smallest absolute Gasteiger partial charge is 0.306 e. The van der Waals surface area contributed by atoms with E-state index >= 15 is 0 Å². The van der Waals surface area contributed by atoms with Crippen LogP contribution in [0.4, 0.5) is 5.13 Å². The van der Waals surface area contributed by atoms with E-state index in [-0.39, 0.29) is 5.92 Å². The molecular weight excluding hydrogens is 472 g/mol. The highest BCUT2D eigenvalue weighted by Crippen LogP contribution is 2.35. The zero-order valence-electron chi connectivity index (χ0n) is 20.1. The lowest BCUT2D eigenvalue weighted by atomic mass is 9.97. The number of benzene rings is 3. The van der Waals surface area contributed by atoms with Crippen LogP contribution in [0.1, 0.15) is 18.4 Å². The van der Waals surface area contributed by atoms with Crippen molar-refractivity contribution in [2.75, 3.05) is 25.1 Å². The number of ether oxygens (including phenoxy) is 2. The van der Waals surface area contributed by atoms with Crippen molar-refractivity contribution >= 4 is 22.4 Å². The molecule has 0 unspecified atom stereocenters. The molecule has 0 saturated carbocycles. The van der Waals surface area contributed by atoms with Gasteiger partial charge in [-0.1, -0.05) is 48.5 Å². The van der Waals surface area contributed by atoms with Gasteiger partial charge < -0.3 is 19.5 Å². The van der Waals surface area contributed by atoms with Crippen molar-refractivity contribution < 1.29 is 19.4 Å². The molecule has 0 bridgehead atoms. The topological polar surface area (TPSA) is 71.9 Å². The highest BCUT2D eigenvalue weighted by molar-refractivity contribution is 7.14. The first-order valence-electron chi connectivity index (χ1n) is 12.0. The summed E-state index contributed by atoms with van der Waals surface area (Å²) in [6.45, 7) is 1.89. The monoisotopic (exact) mass is 500 g/mol. The van der Waals surface area contributed by atoms with Gasteiger partial charge in [0.25, 0.3) is 0 Å². The van der Waals surface area contributed by atoms with Crippen LogP contribution in [-0.4, -0.2) is 36.3 Å². The number of rotatable bonds is 8. The maximum Gasteiger partial charge on any atom is 0.306 e. The van der Waals surface area contributed by atoms with E-state index in [0.29, 0.717) is 32.5 Å². The lowest BCUT2D eigenvalue weighted by Gasteiger charge is -2.29. The molecule has 1 aromatic heterocycles. The highest BCUT2D eigenvalue weighted by atomic mass is 32.1. The largest absolute Gasteiger partial charge is 0.497 e. The van der Waals surface area contributed by atoms with Gasteiger partial charge in [0.05, 0.1) is 18.7 Å². The van der Waals surface area contributed by atoms with Crippen LogP contribution in [0.15, 0.2) is 78.2 Å². The van der Waals surface area contributed by atoms with Crippen LogP contribution in [0.25, 0.3) is 22.4 Å². The molecule has 3 aromatic carbocycles. The van der Waals surface area contributed by atoms with Gasteiger partial charge in [-0.15, -0.1) is 11.3 Å². The van der Waals surface area contributed by atoms with E-state index in [9.17, 15) is 9.90 Å². The standard InChI is InChI=1S/C29H28N2O4S/c1-34-24-6-4-5-23(17-24)21-11-9-20(10-12-21)18-35-27-8-3-2-7-25(27)26-19-36-29(30-26)31-15-13-22(14-16-31)28(32)33/h2-12,17,19,22H,13-16,18H2,1H3,(H,32,33). The summed E-state index contributed by atoms with van der Waals surface area (Å²) in [6.07, 6.45) is 1.31. The first-order valence-corrected chi connectivity index (χ1v) is 12.9. The van der Waals surface area contributed by atoms with Gasteiger partial charge in [0, 0.05) is 24.0 Å². The average molecular weight is 501 g/mol. The number of hydrogen-bond acceptors (Lipinski definition) is 6. The minimum atomic E-state index is -0.699. The van der Waals surface area contributed by atoms with Crippen molar-refractivity contribution in [2.45, 2.75) is 19.4 Å². The second kappa shape index (κ2) is 10.8. The Morgan fingerprint density at radius 1 is 1.03 bits per heavy atom. The molecule has 184 valence electrons. The van der Waals surface area contributed by atoms with Crippen LogP contribution in [-0.2, 0) is 11.4 Å². The second-order valence-electron chi connectivity index (χ2n) is 8.83. The number of thiazole rings is 1. The highest BCUT2D eigenvalue weighted by Gasteiger charge is 2.26. The molecule has 1 aliphatic rings. The molecule has 0 atom stereocenters. The third-order valence-electron chi connectivity index (χ3n) is 6.52. The quantitative estimate of drug-likeness (QED) is 0.303. The number of methoxy groups -OCH3 is 1. The Balaban J connectivity index is 1.25. The van der Waals surface area contributed by atoms with Crippen LogP contribution in [0.5, 0.6) is 11.5 Å². The van der Waals surface area contributed by atoms with Crippen LogP contribution in [0.2, 0.25) is 0 Å². The van der Waals surface area contributed by atoms with Crippen LogP contribution in [0.3, 0.4) is 0 Å². The fourth-order valence-corrected chi connectivity index (χ4v) is 5.29. The number of carbonyl (C=O) groups is 1. The van der Waals surface area contributed by atoms with Crippen molar-refractivity contribution in [3.63, 3.8) is 0 Å². The number of hydrogen-bond donors (Lipinski definition) is 1. The first-order chi connectivity index (χ1) is 17.6. The summed E-state index contributed by atoms with van der Waals surface area (Å²) in [5.74, 6) is 0.678. The molecule has 1 fully saturated rings. The van der Waals surface area contributed by atoms with Gasteiger partial charge in [0.15, 0.2) is 5.13 Å². The van der Waals surface area contributed by atoms with Crippen LogP contribution < -0.4 is 14.4 Å². The molecule has 1 aliphatic heterocycles. The zero-order chi connectivity index (χ0) is 24.9. The van der Waals surface area contributed by atoms with Crippen molar-refractivity contribution in [1.29, 1.82) is 0 Å². The summed E-state index contributed by atoms with van der Waals surface area (Å²) in [4.78, 5) is 18.3. The van der Waals surface area contributed by atoms with Crippen LogP contribution >= 0.6 is 11.3 Å². The van der Waals surface area contributed by atoms with Gasteiger partial charge in [-0.25, -0.2) is 4.98 Å². The normalized spacial score (nSPS) is 14.0. The first kappa shape index (κ1) is 23.9. The SMILES string of the molecule is COc1cccc(-c2ccc(COc3ccccc3-c3csc(N4CCC(C(=O)O)CC4)n3)cc2)c1. The maximum atomic E-state index is 11.2. The van der Waals surface area contributed by atoms with Gasteiger partial charge in [0.2, 0.25) is 0 Å². The summed E-state index contributed by atoms with van der Waals surface area (Å²) in [6, 6.07) is 24.3. The van der Waals surface area contributed by atoms with E-state index in [1.165, 1.54) is 0 Å². The number of piperidine rings is 1. The minimum absolute atomic E-state index is 0.251.